The summed E-state index contributed by atoms with van der Waals surface area (Å²) in [5.74, 6) is 2.36. The van der Waals surface area contributed by atoms with Crippen LogP contribution in [0.1, 0.15) is 36.5 Å². The van der Waals surface area contributed by atoms with Gasteiger partial charge in [-0.2, -0.15) is 0 Å². The Kier molecular flexibility index (Phi) is 2.81. The topological polar surface area (TPSA) is 49.4 Å². The molecule has 0 unspecified atom stereocenters. The van der Waals surface area contributed by atoms with Gasteiger partial charge in [-0.3, -0.25) is 4.79 Å². The summed E-state index contributed by atoms with van der Waals surface area (Å²) in [7, 11) is 0. The van der Waals surface area contributed by atoms with Gasteiger partial charge < -0.3 is 10.2 Å². The van der Waals surface area contributed by atoms with E-state index in [0.717, 1.165) is 24.3 Å². The van der Waals surface area contributed by atoms with Gasteiger partial charge in [-0.15, -0.1) is 0 Å². The Hall–Kier alpha value is -1.84. The predicted octanol–water partition coefficient (Wildman–Crippen LogP) is 3.15. The lowest BCUT2D eigenvalue weighted by atomic mass is 9.77. The second-order valence-corrected chi connectivity index (χ2v) is 6.71. The number of nitrogens with one attached hydrogen (secondary N) is 1. The standard InChI is InChI=1S/C17H20N2O2/c1-10(20)11-3-2-4-14(8-11)18-17(21)19-9-15-12-5-6-13(7-12)16(15)19/h2-4,8,12-13,15-16H,5-7,9H2,1H3,(H,18,21)/t12-,13-,15+,16-/m0/s1. The SMILES string of the molecule is CC(=O)c1cccc(NC(=O)N2C[C@@H]3[C@H]4CC[C@@H](C4)[C@@H]32)c1. The number of likely N-dealkylation sites (tertiary alicyclic amines) is 1. The van der Waals surface area contributed by atoms with Crippen LogP contribution in [0.15, 0.2) is 24.3 Å². The number of hydrogen-bond acceptors (Lipinski definition) is 2. The van der Waals surface area contributed by atoms with Gasteiger partial charge in [-0.25, -0.2) is 4.79 Å². The summed E-state index contributed by atoms with van der Waals surface area (Å²) in [6.07, 6.45) is 3.97. The number of hydrogen-bond donors (Lipinski definition) is 1. The van der Waals surface area contributed by atoms with Crippen LogP contribution in [0.2, 0.25) is 0 Å². The number of carbonyl (C=O) groups is 2. The van der Waals surface area contributed by atoms with Crippen LogP contribution in [0, 0.1) is 17.8 Å². The van der Waals surface area contributed by atoms with Crippen LogP contribution in [0.25, 0.3) is 0 Å². The molecule has 1 aromatic carbocycles. The molecule has 2 saturated carbocycles. The molecule has 1 aliphatic heterocycles. The van der Waals surface area contributed by atoms with Gasteiger partial charge in [0.05, 0.1) is 0 Å². The molecule has 0 aromatic heterocycles. The number of nitrogens with zero attached hydrogens (tertiary/aromatic N) is 1. The Labute approximate surface area is 124 Å². The number of fused-ring (bicyclic) bond motifs is 5. The molecular weight excluding hydrogens is 264 g/mol. The normalized spacial score (nSPS) is 32.5. The summed E-state index contributed by atoms with van der Waals surface area (Å²) < 4.78 is 0. The fourth-order valence-electron chi connectivity index (χ4n) is 4.56. The zero-order valence-electron chi connectivity index (χ0n) is 12.2. The molecule has 4 nitrogen and oxygen atoms in total. The Morgan fingerprint density at radius 1 is 1.24 bits per heavy atom. The van der Waals surface area contributed by atoms with Crippen LogP contribution in [0.5, 0.6) is 0 Å². The van der Waals surface area contributed by atoms with Crippen LogP contribution >= 0.6 is 0 Å². The average Bonchev–Trinajstić information content (AvgIpc) is 2.95. The minimum absolute atomic E-state index is 0.00972. The van der Waals surface area contributed by atoms with E-state index in [9.17, 15) is 9.59 Å². The lowest BCUT2D eigenvalue weighted by molar-refractivity contribution is 0.0177. The van der Waals surface area contributed by atoms with Crippen molar-refractivity contribution in [3.8, 4) is 0 Å². The molecule has 4 atom stereocenters. The number of urea groups is 1. The molecule has 4 heteroatoms. The molecule has 110 valence electrons. The van der Waals surface area contributed by atoms with Gasteiger partial charge in [0.1, 0.15) is 0 Å². The third-order valence-electron chi connectivity index (χ3n) is 5.59. The number of rotatable bonds is 2. The highest BCUT2D eigenvalue weighted by Crippen LogP contribution is 2.55. The summed E-state index contributed by atoms with van der Waals surface area (Å²) in [6.45, 7) is 2.44. The highest BCUT2D eigenvalue weighted by atomic mass is 16.2. The van der Waals surface area contributed by atoms with Crippen LogP contribution in [0.3, 0.4) is 0 Å². The summed E-state index contributed by atoms with van der Waals surface area (Å²) in [6, 6.07) is 7.63. The number of anilines is 1. The second-order valence-electron chi connectivity index (χ2n) is 6.71. The van der Waals surface area contributed by atoms with E-state index in [1.54, 1.807) is 12.1 Å². The lowest BCUT2D eigenvalue weighted by Gasteiger charge is -2.50. The van der Waals surface area contributed by atoms with Gasteiger partial charge >= 0.3 is 6.03 Å². The maximum absolute atomic E-state index is 12.4. The van der Waals surface area contributed by atoms with Gasteiger partial charge in [-0.1, -0.05) is 12.1 Å². The highest BCUT2D eigenvalue weighted by Gasteiger charge is 2.57. The van der Waals surface area contributed by atoms with E-state index in [2.05, 4.69) is 5.32 Å². The quantitative estimate of drug-likeness (QED) is 0.848. The Morgan fingerprint density at radius 3 is 2.81 bits per heavy atom. The zero-order valence-corrected chi connectivity index (χ0v) is 12.2. The van der Waals surface area contributed by atoms with E-state index in [-0.39, 0.29) is 11.8 Å². The molecule has 21 heavy (non-hydrogen) atoms. The van der Waals surface area contributed by atoms with Crippen molar-refractivity contribution in [3.05, 3.63) is 29.8 Å². The molecule has 0 spiro atoms. The Bertz CT molecular complexity index is 611. The van der Waals surface area contributed by atoms with E-state index in [4.69, 9.17) is 0 Å². The van der Waals surface area contributed by atoms with E-state index < -0.39 is 0 Å². The molecule has 1 aromatic rings. The molecule has 3 fully saturated rings. The number of ketones is 1. The van der Waals surface area contributed by atoms with E-state index in [1.807, 2.05) is 17.0 Å². The van der Waals surface area contributed by atoms with E-state index >= 15 is 0 Å². The first-order valence-corrected chi connectivity index (χ1v) is 7.82. The third-order valence-corrected chi connectivity index (χ3v) is 5.59. The van der Waals surface area contributed by atoms with Gasteiger partial charge in [0, 0.05) is 29.8 Å². The molecule has 2 bridgehead atoms. The van der Waals surface area contributed by atoms with Crippen molar-refractivity contribution < 1.29 is 9.59 Å². The molecule has 1 saturated heterocycles. The predicted molar refractivity (Wildman–Crippen MR) is 80.3 cm³/mol. The number of benzene rings is 1. The fourth-order valence-corrected chi connectivity index (χ4v) is 4.56. The van der Waals surface area contributed by atoms with Crippen LogP contribution in [0.4, 0.5) is 10.5 Å². The van der Waals surface area contributed by atoms with E-state index in [1.165, 1.54) is 26.2 Å². The van der Waals surface area contributed by atoms with Crippen LogP contribution in [-0.2, 0) is 0 Å². The number of carbonyl (C=O) groups excluding carboxylic acids is 2. The summed E-state index contributed by atoms with van der Waals surface area (Å²) >= 11 is 0. The summed E-state index contributed by atoms with van der Waals surface area (Å²) in [5.41, 5.74) is 1.34. The molecule has 1 heterocycles. The smallest absolute Gasteiger partial charge is 0.321 e. The van der Waals surface area contributed by atoms with Crippen molar-refractivity contribution in [2.45, 2.75) is 32.2 Å². The van der Waals surface area contributed by atoms with E-state index in [0.29, 0.717) is 17.3 Å². The molecular formula is C17H20N2O2. The van der Waals surface area contributed by atoms with Crippen molar-refractivity contribution in [3.63, 3.8) is 0 Å². The Balaban J connectivity index is 1.45. The maximum Gasteiger partial charge on any atom is 0.322 e. The highest BCUT2D eigenvalue weighted by molar-refractivity contribution is 5.97. The Morgan fingerprint density at radius 2 is 2.05 bits per heavy atom. The molecule has 0 radical (unpaired) electrons. The molecule has 2 amide bonds. The molecule has 4 rings (SSSR count). The van der Waals surface area contributed by atoms with Gasteiger partial charge in [0.25, 0.3) is 0 Å². The lowest BCUT2D eigenvalue weighted by Crippen LogP contribution is -2.61. The monoisotopic (exact) mass is 284 g/mol. The van der Waals surface area contributed by atoms with Crippen molar-refractivity contribution in [1.29, 1.82) is 0 Å². The number of amides is 2. The van der Waals surface area contributed by atoms with Crippen molar-refractivity contribution >= 4 is 17.5 Å². The van der Waals surface area contributed by atoms with Crippen LogP contribution in [-0.4, -0.2) is 29.3 Å². The average molecular weight is 284 g/mol. The first kappa shape index (κ1) is 12.9. The van der Waals surface area contributed by atoms with Crippen LogP contribution < -0.4 is 5.32 Å². The van der Waals surface area contributed by atoms with Crippen molar-refractivity contribution in [2.75, 3.05) is 11.9 Å². The summed E-state index contributed by atoms with van der Waals surface area (Å²) in [4.78, 5) is 25.8. The largest absolute Gasteiger partial charge is 0.322 e. The fraction of sp³-hybridized carbons (Fsp3) is 0.529. The minimum Gasteiger partial charge on any atom is -0.321 e. The third kappa shape index (κ3) is 1.96. The van der Waals surface area contributed by atoms with Crippen molar-refractivity contribution in [1.82, 2.24) is 4.90 Å². The van der Waals surface area contributed by atoms with Gasteiger partial charge in [0.2, 0.25) is 0 Å². The van der Waals surface area contributed by atoms with Gasteiger partial charge in [-0.05, 0) is 50.2 Å². The van der Waals surface area contributed by atoms with Crippen molar-refractivity contribution in [2.24, 2.45) is 17.8 Å². The zero-order chi connectivity index (χ0) is 14.6. The first-order valence-electron chi connectivity index (χ1n) is 7.82. The molecule has 2 aliphatic carbocycles. The van der Waals surface area contributed by atoms with Gasteiger partial charge in [0.15, 0.2) is 5.78 Å². The number of Topliss-reactive ketones (excluding diaryl/α,β-unsaturated/α-hetero) is 1. The molecule has 3 aliphatic rings. The minimum atomic E-state index is -0.00972. The first-order chi connectivity index (χ1) is 10.1. The summed E-state index contributed by atoms with van der Waals surface area (Å²) in [5, 5.41) is 2.95. The molecule has 1 N–H and O–H groups in total. The second kappa shape index (κ2) is 4.58. The maximum atomic E-state index is 12.4.